The van der Waals surface area contributed by atoms with Crippen LogP contribution in [0.2, 0.25) is 0 Å². The zero-order valence-corrected chi connectivity index (χ0v) is 19.7. The maximum atomic E-state index is 13.1. The molecule has 2 atom stereocenters. The molecule has 1 amide bonds. The Morgan fingerprint density at radius 2 is 1.66 bits per heavy atom. The van der Waals surface area contributed by atoms with Crippen molar-refractivity contribution in [1.29, 1.82) is 0 Å². The average molecular weight is 457 g/mol. The van der Waals surface area contributed by atoms with E-state index in [-0.39, 0.29) is 10.8 Å². The number of hydrogen-bond acceptors (Lipinski definition) is 5. The fraction of sp³-hybridized carbons (Fsp3) is 0.500. The molecule has 32 heavy (non-hydrogen) atoms. The van der Waals surface area contributed by atoms with E-state index in [0.717, 1.165) is 26.1 Å². The molecule has 0 N–H and O–H groups in total. The summed E-state index contributed by atoms with van der Waals surface area (Å²) in [6.07, 6.45) is 4.69. The summed E-state index contributed by atoms with van der Waals surface area (Å²) in [5.41, 5.74) is 1.70. The van der Waals surface area contributed by atoms with Gasteiger partial charge in [-0.3, -0.25) is 14.7 Å². The minimum atomic E-state index is -3.54. The summed E-state index contributed by atoms with van der Waals surface area (Å²) < 4.78 is 27.7. The maximum Gasteiger partial charge on any atom is 0.253 e. The Morgan fingerprint density at radius 3 is 2.25 bits per heavy atom. The van der Waals surface area contributed by atoms with Gasteiger partial charge < -0.3 is 4.90 Å². The van der Waals surface area contributed by atoms with Gasteiger partial charge in [0.15, 0.2) is 0 Å². The third-order valence-electron chi connectivity index (χ3n) is 6.36. The molecule has 0 saturated carbocycles. The number of nitrogens with zero attached hydrogens (tertiary/aromatic N) is 4. The van der Waals surface area contributed by atoms with Crippen LogP contribution in [-0.4, -0.2) is 72.7 Å². The van der Waals surface area contributed by atoms with Gasteiger partial charge >= 0.3 is 0 Å². The summed E-state index contributed by atoms with van der Waals surface area (Å²) in [4.78, 5) is 21.5. The van der Waals surface area contributed by atoms with Crippen LogP contribution in [0.1, 0.15) is 36.2 Å². The van der Waals surface area contributed by atoms with Crippen molar-refractivity contribution in [1.82, 2.24) is 19.1 Å². The molecule has 2 saturated heterocycles. The van der Waals surface area contributed by atoms with E-state index in [1.165, 1.54) is 5.56 Å². The quantitative estimate of drug-likeness (QED) is 0.692. The van der Waals surface area contributed by atoms with Gasteiger partial charge in [0.2, 0.25) is 10.0 Å². The number of amides is 1. The van der Waals surface area contributed by atoms with Crippen molar-refractivity contribution in [2.45, 2.75) is 31.7 Å². The third kappa shape index (κ3) is 5.19. The Bertz CT molecular complexity index is 1010. The van der Waals surface area contributed by atoms with Crippen LogP contribution in [0.4, 0.5) is 0 Å². The smallest absolute Gasteiger partial charge is 0.253 e. The number of aromatic nitrogens is 1. The van der Waals surface area contributed by atoms with Gasteiger partial charge in [0, 0.05) is 63.8 Å². The van der Waals surface area contributed by atoms with Gasteiger partial charge in [-0.2, -0.15) is 4.31 Å². The number of rotatable bonds is 5. The molecule has 1 aromatic heterocycles. The molecule has 172 valence electrons. The van der Waals surface area contributed by atoms with E-state index < -0.39 is 10.0 Å². The summed E-state index contributed by atoms with van der Waals surface area (Å²) in [5, 5.41) is 0. The van der Waals surface area contributed by atoms with Gasteiger partial charge in [0.1, 0.15) is 0 Å². The molecule has 0 radical (unpaired) electrons. The normalized spacial score (nSPS) is 23.2. The predicted octanol–water partition coefficient (Wildman–Crippen LogP) is 2.71. The molecule has 4 rings (SSSR count). The predicted molar refractivity (Wildman–Crippen MR) is 124 cm³/mol. The number of piperidine rings is 1. The van der Waals surface area contributed by atoms with Crippen LogP contribution in [0, 0.1) is 11.8 Å². The summed E-state index contributed by atoms with van der Waals surface area (Å²) in [6, 6.07) is 10.4. The van der Waals surface area contributed by atoms with Gasteiger partial charge in [0.25, 0.3) is 5.91 Å². The molecular formula is C24H32N4O3S. The van der Waals surface area contributed by atoms with Gasteiger partial charge in [-0.05, 0) is 54.2 Å². The Morgan fingerprint density at radius 1 is 1.00 bits per heavy atom. The maximum absolute atomic E-state index is 13.1. The fourth-order valence-electron chi connectivity index (χ4n) is 4.76. The van der Waals surface area contributed by atoms with Crippen LogP contribution in [0.25, 0.3) is 0 Å². The first-order valence-electron chi connectivity index (χ1n) is 11.3. The number of piperazine rings is 1. The molecule has 2 unspecified atom stereocenters. The largest absolute Gasteiger partial charge is 0.336 e. The lowest BCUT2D eigenvalue weighted by atomic mass is 9.94. The lowest BCUT2D eigenvalue weighted by Gasteiger charge is -2.35. The van der Waals surface area contributed by atoms with Crippen LogP contribution >= 0.6 is 0 Å². The van der Waals surface area contributed by atoms with Crippen molar-refractivity contribution in [3.05, 3.63) is 59.9 Å². The highest BCUT2D eigenvalue weighted by molar-refractivity contribution is 7.89. The molecule has 3 heterocycles. The van der Waals surface area contributed by atoms with Crippen LogP contribution in [-0.2, 0) is 16.6 Å². The van der Waals surface area contributed by atoms with Crippen LogP contribution < -0.4 is 0 Å². The van der Waals surface area contributed by atoms with E-state index in [1.807, 2.05) is 17.2 Å². The first-order valence-corrected chi connectivity index (χ1v) is 12.8. The lowest BCUT2D eigenvalue weighted by Crippen LogP contribution is -2.48. The SMILES string of the molecule is CC1CC(C)CN(S(=O)(=O)c2ccc(C(=O)N3CCN(Cc4cccnc4)CC3)cc2)C1. The van der Waals surface area contributed by atoms with Crippen LogP contribution in [0.5, 0.6) is 0 Å². The third-order valence-corrected chi connectivity index (χ3v) is 8.21. The Labute approximate surface area is 191 Å². The second-order valence-electron chi connectivity index (χ2n) is 9.22. The Kier molecular flexibility index (Phi) is 6.93. The van der Waals surface area contributed by atoms with Crippen molar-refractivity contribution in [2.24, 2.45) is 11.8 Å². The van der Waals surface area contributed by atoms with Gasteiger partial charge in [-0.15, -0.1) is 0 Å². The molecular weight excluding hydrogens is 424 g/mol. The number of sulfonamides is 1. The minimum Gasteiger partial charge on any atom is -0.336 e. The number of carbonyl (C=O) groups excluding carboxylic acids is 1. The van der Waals surface area contributed by atoms with E-state index in [4.69, 9.17) is 0 Å². The average Bonchev–Trinajstić information content (AvgIpc) is 2.79. The fourth-order valence-corrected chi connectivity index (χ4v) is 6.44. The van der Waals surface area contributed by atoms with E-state index >= 15 is 0 Å². The van der Waals surface area contributed by atoms with Crippen molar-refractivity contribution in [3.63, 3.8) is 0 Å². The monoisotopic (exact) mass is 456 g/mol. The molecule has 2 aliphatic rings. The van der Waals surface area contributed by atoms with Crippen molar-refractivity contribution >= 4 is 15.9 Å². The van der Waals surface area contributed by atoms with Crippen LogP contribution in [0.15, 0.2) is 53.7 Å². The van der Waals surface area contributed by atoms with E-state index in [1.54, 1.807) is 34.8 Å². The first kappa shape index (κ1) is 22.9. The number of pyridine rings is 1. The zero-order valence-electron chi connectivity index (χ0n) is 18.9. The van der Waals surface area contributed by atoms with Gasteiger partial charge in [-0.1, -0.05) is 19.9 Å². The van der Waals surface area contributed by atoms with E-state index in [0.29, 0.717) is 43.6 Å². The van der Waals surface area contributed by atoms with Crippen molar-refractivity contribution in [3.8, 4) is 0 Å². The zero-order chi connectivity index (χ0) is 22.7. The summed E-state index contributed by atoms with van der Waals surface area (Å²) >= 11 is 0. The molecule has 0 bridgehead atoms. The van der Waals surface area contributed by atoms with Gasteiger partial charge in [0.05, 0.1) is 4.90 Å². The number of carbonyl (C=O) groups is 1. The van der Waals surface area contributed by atoms with Crippen molar-refractivity contribution < 1.29 is 13.2 Å². The molecule has 2 aliphatic heterocycles. The molecule has 2 fully saturated rings. The summed E-state index contributed by atoms with van der Waals surface area (Å²) in [6.45, 7) is 9.04. The second kappa shape index (κ2) is 9.68. The van der Waals surface area contributed by atoms with Crippen molar-refractivity contribution in [2.75, 3.05) is 39.3 Å². The second-order valence-corrected chi connectivity index (χ2v) is 11.2. The topological polar surface area (TPSA) is 73.8 Å². The summed E-state index contributed by atoms with van der Waals surface area (Å²) in [7, 11) is -3.54. The Balaban J connectivity index is 1.36. The molecule has 1 aromatic carbocycles. The highest BCUT2D eigenvalue weighted by Crippen LogP contribution is 2.27. The van der Waals surface area contributed by atoms with Crippen LogP contribution in [0.3, 0.4) is 0 Å². The van der Waals surface area contributed by atoms with E-state index in [9.17, 15) is 13.2 Å². The number of hydrogen-bond donors (Lipinski definition) is 0. The molecule has 0 spiro atoms. The lowest BCUT2D eigenvalue weighted by molar-refractivity contribution is 0.0628. The first-order chi connectivity index (χ1) is 15.3. The summed E-state index contributed by atoms with van der Waals surface area (Å²) in [5.74, 6) is 0.660. The highest BCUT2D eigenvalue weighted by atomic mass is 32.2. The number of benzene rings is 1. The molecule has 0 aliphatic carbocycles. The molecule has 2 aromatic rings. The minimum absolute atomic E-state index is 0.0461. The van der Waals surface area contributed by atoms with E-state index in [2.05, 4.69) is 29.8 Å². The molecule has 7 nitrogen and oxygen atoms in total. The van der Waals surface area contributed by atoms with Gasteiger partial charge in [-0.25, -0.2) is 8.42 Å². The Hall–Kier alpha value is -2.29. The highest BCUT2D eigenvalue weighted by Gasteiger charge is 2.32. The standard InChI is InChI=1S/C24H32N4O3S/c1-19-14-20(2)17-28(16-19)32(30,31)23-7-5-22(6-8-23)24(29)27-12-10-26(11-13-27)18-21-4-3-9-25-15-21/h3-9,15,19-20H,10-14,16-18H2,1-2H3. The molecule has 8 heteroatoms.